The first kappa shape index (κ1) is 13.3. The lowest BCUT2D eigenvalue weighted by Crippen LogP contribution is -2.16. The Morgan fingerprint density at radius 1 is 1.39 bits per heavy atom. The number of hydrogen-bond donors (Lipinski definition) is 1. The molecule has 0 amide bonds. The fourth-order valence-corrected chi connectivity index (χ4v) is 2.71. The molecular weight excluding hydrogens is 244 g/mol. The van der Waals surface area contributed by atoms with Crippen molar-refractivity contribution in [1.29, 1.82) is 0 Å². The molecule has 0 unspecified atom stereocenters. The second-order valence-electron chi connectivity index (χ2n) is 4.63. The minimum atomic E-state index is 0.848. The van der Waals surface area contributed by atoms with Gasteiger partial charge in [-0.3, -0.25) is 4.90 Å². The number of nitrogens with one attached hydrogen (secondary N) is 1. The first-order valence-corrected chi connectivity index (χ1v) is 7.05. The van der Waals surface area contributed by atoms with Gasteiger partial charge in [0.25, 0.3) is 0 Å². The molecule has 0 atom stereocenters. The Kier molecular flexibility index (Phi) is 4.58. The zero-order chi connectivity index (χ0) is 13.0. The van der Waals surface area contributed by atoms with E-state index in [-0.39, 0.29) is 0 Å². The lowest BCUT2D eigenvalue weighted by molar-refractivity contribution is 0.285. The van der Waals surface area contributed by atoms with Crippen molar-refractivity contribution in [3.05, 3.63) is 45.5 Å². The smallest absolute Gasteiger partial charge is 0.118 e. The van der Waals surface area contributed by atoms with Gasteiger partial charge in [-0.15, -0.1) is 0 Å². The van der Waals surface area contributed by atoms with Crippen LogP contribution < -0.4 is 5.32 Å². The van der Waals surface area contributed by atoms with Crippen LogP contribution >= 0.6 is 11.3 Å². The molecule has 98 valence electrons. The summed E-state index contributed by atoms with van der Waals surface area (Å²) in [6, 6.07) is 4.32. The van der Waals surface area contributed by atoms with Crippen LogP contribution in [-0.2, 0) is 19.6 Å². The third kappa shape index (κ3) is 3.45. The number of nitrogens with zero attached hydrogens (tertiary/aromatic N) is 1. The molecule has 0 fully saturated rings. The summed E-state index contributed by atoms with van der Waals surface area (Å²) in [5.41, 5.74) is 2.61. The monoisotopic (exact) mass is 264 g/mol. The zero-order valence-electron chi connectivity index (χ0n) is 11.2. The predicted octanol–water partition coefficient (Wildman–Crippen LogP) is 3.00. The van der Waals surface area contributed by atoms with Crippen LogP contribution in [0.4, 0.5) is 0 Å². The molecule has 0 saturated heterocycles. The average molecular weight is 264 g/mol. The summed E-state index contributed by atoms with van der Waals surface area (Å²) < 4.78 is 5.78. The molecule has 0 spiro atoms. The van der Waals surface area contributed by atoms with Gasteiger partial charge in [0.15, 0.2) is 0 Å². The summed E-state index contributed by atoms with van der Waals surface area (Å²) in [7, 11) is 4.07. The molecule has 2 aromatic heterocycles. The van der Waals surface area contributed by atoms with E-state index in [1.54, 1.807) is 11.3 Å². The van der Waals surface area contributed by atoms with Gasteiger partial charge in [-0.25, -0.2) is 0 Å². The Hall–Kier alpha value is -1.10. The largest absolute Gasteiger partial charge is 0.465 e. The average Bonchev–Trinajstić information content (AvgIpc) is 2.90. The van der Waals surface area contributed by atoms with E-state index in [1.807, 2.05) is 14.0 Å². The van der Waals surface area contributed by atoms with Crippen molar-refractivity contribution < 1.29 is 4.42 Å². The molecule has 0 aliphatic rings. The van der Waals surface area contributed by atoms with Crippen LogP contribution in [0.1, 0.15) is 22.6 Å². The lowest BCUT2D eigenvalue weighted by atomic mass is 10.2. The molecule has 0 aliphatic carbocycles. The van der Waals surface area contributed by atoms with Gasteiger partial charge in [0.1, 0.15) is 11.5 Å². The second-order valence-corrected chi connectivity index (χ2v) is 5.41. The molecule has 1 N–H and O–H groups in total. The summed E-state index contributed by atoms with van der Waals surface area (Å²) in [4.78, 5) is 2.27. The maximum atomic E-state index is 5.78. The van der Waals surface area contributed by atoms with E-state index in [0.717, 1.165) is 31.2 Å². The Morgan fingerprint density at radius 3 is 2.89 bits per heavy atom. The Bertz CT molecular complexity index is 476. The standard InChI is InChI=1S/C14H20N2OS/c1-11-13(7-15-2)6-14(17-11)9-16(3)8-12-4-5-18-10-12/h4-6,10,15H,7-9H2,1-3H3. The molecule has 0 aliphatic heterocycles. The van der Waals surface area contributed by atoms with Crippen molar-refractivity contribution in [2.75, 3.05) is 14.1 Å². The molecule has 2 heterocycles. The highest BCUT2D eigenvalue weighted by Gasteiger charge is 2.09. The molecule has 0 bridgehead atoms. The quantitative estimate of drug-likeness (QED) is 0.869. The highest BCUT2D eigenvalue weighted by atomic mass is 32.1. The summed E-state index contributed by atoms with van der Waals surface area (Å²) in [5.74, 6) is 2.05. The van der Waals surface area contributed by atoms with E-state index < -0.39 is 0 Å². The van der Waals surface area contributed by atoms with Crippen LogP contribution in [-0.4, -0.2) is 19.0 Å². The van der Waals surface area contributed by atoms with Crippen LogP contribution in [0.3, 0.4) is 0 Å². The van der Waals surface area contributed by atoms with Gasteiger partial charge < -0.3 is 9.73 Å². The number of thiophene rings is 1. The van der Waals surface area contributed by atoms with E-state index in [4.69, 9.17) is 4.42 Å². The van der Waals surface area contributed by atoms with Crippen molar-refractivity contribution >= 4 is 11.3 Å². The highest BCUT2D eigenvalue weighted by Crippen LogP contribution is 2.17. The fraction of sp³-hybridized carbons (Fsp3) is 0.429. The van der Waals surface area contributed by atoms with E-state index in [2.05, 4.69) is 40.2 Å². The maximum Gasteiger partial charge on any atom is 0.118 e. The Labute approximate surface area is 112 Å². The highest BCUT2D eigenvalue weighted by molar-refractivity contribution is 7.07. The number of hydrogen-bond acceptors (Lipinski definition) is 4. The Balaban J connectivity index is 1.94. The molecule has 4 heteroatoms. The third-order valence-corrected chi connectivity index (χ3v) is 3.63. The molecule has 18 heavy (non-hydrogen) atoms. The van der Waals surface area contributed by atoms with Crippen LogP contribution in [0.15, 0.2) is 27.3 Å². The molecular formula is C14H20N2OS. The predicted molar refractivity (Wildman–Crippen MR) is 75.7 cm³/mol. The van der Waals surface area contributed by atoms with Gasteiger partial charge in [-0.1, -0.05) is 0 Å². The van der Waals surface area contributed by atoms with Crippen LogP contribution in [0.2, 0.25) is 0 Å². The van der Waals surface area contributed by atoms with E-state index in [0.29, 0.717) is 0 Å². The van der Waals surface area contributed by atoms with Gasteiger partial charge in [0, 0.05) is 18.7 Å². The van der Waals surface area contributed by atoms with Crippen molar-refractivity contribution in [1.82, 2.24) is 10.2 Å². The van der Waals surface area contributed by atoms with E-state index in [1.165, 1.54) is 11.1 Å². The van der Waals surface area contributed by atoms with Crippen molar-refractivity contribution in [2.24, 2.45) is 0 Å². The number of aryl methyl sites for hydroxylation is 1. The van der Waals surface area contributed by atoms with E-state index >= 15 is 0 Å². The fourth-order valence-electron chi connectivity index (χ4n) is 2.05. The summed E-state index contributed by atoms with van der Waals surface area (Å²) in [6.45, 7) is 4.70. The summed E-state index contributed by atoms with van der Waals surface area (Å²) in [6.07, 6.45) is 0. The molecule has 2 rings (SSSR count). The first-order valence-electron chi connectivity index (χ1n) is 6.11. The minimum Gasteiger partial charge on any atom is -0.465 e. The summed E-state index contributed by atoms with van der Waals surface area (Å²) in [5, 5.41) is 7.46. The zero-order valence-corrected chi connectivity index (χ0v) is 12.0. The van der Waals surface area contributed by atoms with Crippen LogP contribution in [0.5, 0.6) is 0 Å². The minimum absolute atomic E-state index is 0.848. The number of furan rings is 1. The van der Waals surface area contributed by atoms with Crippen molar-refractivity contribution in [3.8, 4) is 0 Å². The maximum absolute atomic E-state index is 5.78. The number of rotatable bonds is 6. The van der Waals surface area contributed by atoms with Gasteiger partial charge in [0.2, 0.25) is 0 Å². The molecule has 3 nitrogen and oxygen atoms in total. The van der Waals surface area contributed by atoms with Crippen molar-refractivity contribution in [3.63, 3.8) is 0 Å². The van der Waals surface area contributed by atoms with Gasteiger partial charge in [-0.05, 0) is 49.5 Å². The molecule has 0 radical (unpaired) electrons. The topological polar surface area (TPSA) is 28.4 Å². The van der Waals surface area contributed by atoms with Gasteiger partial charge >= 0.3 is 0 Å². The SMILES string of the molecule is CNCc1cc(CN(C)Cc2ccsc2)oc1C. The summed E-state index contributed by atoms with van der Waals surface area (Å²) >= 11 is 1.74. The Morgan fingerprint density at radius 2 is 2.22 bits per heavy atom. The van der Waals surface area contributed by atoms with Gasteiger partial charge in [-0.2, -0.15) is 11.3 Å². The van der Waals surface area contributed by atoms with Crippen LogP contribution in [0, 0.1) is 6.92 Å². The van der Waals surface area contributed by atoms with Crippen LogP contribution in [0.25, 0.3) is 0 Å². The second kappa shape index (κ2) is 6.18. The lowest BCUT2D eigenvalue weighted by Gasteiger charge is -2.13. The molecule has 0 saturated carbocycles. The normalized spacial score (nSPS) is 11.3. The molecule has 2 aromatic rings. The van der Waals surface area contributed by atoms with E-state index in [9.17, 15) is 0 Å². The first-order chi connectivity index (χ1) is 8.69. The van der Waals surface area contributed by atoms with Crippen molar-refractivity contribution in [2.45, 2.75) is 26.6 Å². The third-order valence-electron chi connectivity index (χ3n) is 2.90. The molecule has 0 aromatic carbocycles. The van der Waals surface area contributed by atoms with Gasteiger partial charge in [0.05, 0.1) is 6.54 Å².